The van der Waals surface area contributed by atoms with Crippen LogP contribution < -0.4 is 5.32 Å². The summed E-state index contributed by atoms with van der Waals surface area (Å²) in [6, 6.07) is 2.08. The summed E-state index contributed by atoms with van der Waals surface area (Å²) in [5.41, 5.74) is 6.35. The number of carbonyl (C=O) groups excluding carboxylic acids is 2. The normalized spacial score (nSPS) is 15.2. The Morgan fingerprint density at radius 3 is 2.27 bits per heavy atom. The van der Waals surface area contributed by atoms with Gasteiger partial charge >= 0.3 is 12.0 Å². The fourth-order valence-electron chi connectivity index (χ4n) is 3.50. The predicted molar refractivity (Wildman–Crippen MR) is 84.2 cm³/mol. The molecule has 0 aromatic heterocycles. The third-order valence-corrected chi connectivity index (χ3v) is 4.65. The second-order valence-electron chi connectivity index (χ2n) is 6.10. The zero-order chi connectivity index (χ0) is 15.7. The number of hydrogen-bond acceptors (Lipinski definition) is 3. The van der Waals surface area contributed by atoms with Crippen LogP contribution in [0.25, 0.3) is 0 Å². The molecule has 0 unspecified atom stereocenters. The molecule has 0 saturated carbocycles. The highest BCUT2D eigenvalue weighted by molar-refractivity contribution is 5.93. The fraction of sp³-hybridized carbons (Fsp3) is 0.529. The molecule has 0 bridgehead atoms. The van der Waals surface area contributed by atoms with E-state index in [0.717, 1.165) is 44.2 Å². The highest BCUT2D eigenvalue weighted by atomic mass is 16.5. The Morgan fingerprint density at radius 1 is 1.14 bits per heavy atom. The lowest BCUT2D eigenvalue weighted by Crippen LogP contribution is -2.36. The van der Waals surface area contributed by atoms with Gasteiger partial charge in [0.25, 0.3) is 0 Å². The number of carbonyl (C=O) groups is 2. The van der Waals surface area contributed by atoms with Gasteiger partial charge in [-0.05, 0) is 60.8 Å². The first kappa shape index (κ1) is 14.9. The largest absolute Gasteiger partial charge is 0.468 e. The van der Waals surface area contributed by atoms with Crippen molar-refractivity contribution >= 4 is 17.7 Å². The molecule has 2 aliphatic rings. The van der Waals surface area contributed by atoms with E-state index in [9.17, 15) is 9.59 Å². The van der Waals surface area contributed by atoms with Gasteiger partial charge in [0.15, 0.2) is 0 Å². The molecular formula is C17H22N2O3. The van der Waals surface area contributed by atoms with Gasteiger partial charge in [-0.15, -0.1) is 0 Å². The average Bonchev–Trinajstić information content (AvgIpc) is 3.14. The molecule has 0 saturated heterocycles. The predicted octanol–water partition coefficient (Wildman–Crippen LogP) is 2.30. The fourth-order valence-corrected chi connectivity index (χ4v) is 3.50. The topological polar surface area (TPSA) is 58.6 Å². The van der Waals surface area contributed by atoms with Crippen LogP contribution in [0.15, 0.2) is 6.07 Å². The number of aryl methyl sites for hydroxylation is 2. The van der Waals surface area contributed by atoms with Gasteiger partial charge in [-0.3, -0.25) is 4.79 Å². The number of methoxy groups -OCH3 is 1. The summed E-state index contributed by atoms with van der Waals surface area (Å²) < 4.78 is 4.61. The lowest BCUT2D eigenvalue weighted by molar-refractivity contribution is -0.140. The third-order valence-electron chi connectivity index (χ3n) is 4.65. The number of amides is 2. The average molecular weight is 302 g/mol. The lowest BCUT2D eigenvalue weighted by atomic mass is 9.99. The summed E-state index contributed by atoms with van der Waals surface area (Å²) in [4.78, 5) is 25.0. The number of rotatable bonds is 3. The number of benzene rings is 1. The highest BCUT2D eigenvalue weighted by Crippen LogP contribution is 2.38. The van der Waals surface area contributed by atoms with E-state index in [4.69, 9.17) is 0 Å². The van der Waals surface area contributed by atoms with E-state index in [2.05, 4.69) is 16.1 Å². The standard InChI is InChI=1S/C17H22N2O3/c1-19(10-15(20)22-2)17(21)18-16-13-7-3-5-11(13)9-12-6-4-8-14(12)16/h9H,3-8,10H2,1-2H3,(H,18,21). The van der Waals surface area contributed by atoms with Crippen molar-refractivity contribution in [2.75, 3.05) is 26.0 Å². The van der Waals surface area contributed by atoms with E-state index in [1.165, 1.54) is 34.3 Å². The van der Waals surface area contributed by atoms with Crippen LogP contribution in [0, 0.1) is 0 Å². The quantitative estimate of drug-likeness (QED) is 0.872. The van der Waals surface area contributed by atoms with Gasteiger partial charge < -0.3 is 15.0 Å². The molecule has 0 fully saturated rings. The summed E-state index contributed by atoms with van der Waals surface area (Å²) in [5.74, 6) is -0.416. The maximum Gasteiger partial charge on any atom is 0.325 e. The number of fused-ring (bicyclic) bond motifs is 2. The van der Waals surface area contributed by atoms with Crippen LogP contribution in [0.3, 0.4) is 0 Å². The number of nitrogens with zero attached hydrogens (tertiary/aromatic N) is 1. The van der Waals surface area contributed by atoms with Crippen LogP contribution in [0.1, 0.15) is 35.1 Å². The Labute approximate surface area is 130 Å². The first-order valence-corrected chi connectivity index (χ1v) is 7.85. The summed E-state index contributed by atoms with van der Waals surface area (Å²) >= 11 is 0. The molecule has 1 aromatic rings. The molecule has 1 aromatic carbocycles. The molecule has 3 rings (SSSR count). The van der Waals surface area contributed by atoms with Crippen molar-refractivity contribution in [3.8, 4) is 0 Å². The minimum absolute atomic E-state index is 0.0421. The smallest absolute Gasteiger partial charge is 0.325 e. The van der Waals surface area contributed by atoms with Gasteiger partial charge in [0.2, 0.25) is 0 Å². The second kappa shape index (κ2) is 5.99. The molecule has 1 N–H and O–H groups in total. The molecule has 22 heavy (non-hydrogen) atoms. The van der Waals surface area contributed by atoms with Gasteiger partial charge in [0.1, 0.15) is 6.54 Å². The first-order chi connectivity index (χ1) is 10.6. The van der Waals surface area contributed by atoms with Gasteiger partial charge in [0.05, 0.1) is 7.11 Å². The molecule has 5 nitrogen and oxygen atoms in total. The zero-order valence-corrected chi connectivity index (χ0v) is 13.2. The SMILES string of the molecule is COC(=O)CN(C)C(=O)Nc1c2c(cc3c1CCC3)CCC2. The second-order valence-corrected chi connectivity index (χ2v) is 6.10. The van der Waals surface area contributed by atoms with Crippen molar-refractivity contribution in [2.24, 2.45) is 0 Å². The summed E-state index contributed by atoms with van der Waals surface area (Å²) in [6.45, 7) is -0.0421. The molecule has 0 heterocycles. The maximum atomic E-state index is 12.4. The molecule has 118 valence electrons. The Bertz CT molecular complexity index is 593. The van der Waals surface area contributed by atoms with Crippen LogP contribution in [0.5, 0.6) is 0 Å². The molecule has 0 atom stereocenters. The van der Waals surface area contributed by atoms with Gasteiger partial charge in [-0.25, -0.2) is 4.79 Å². The highest BCUT2D eigenvalue weighted by Gasteiger charge is 2.25. The number of urea groups is 1. The molecular weight excluding hydrogens is 280 g/mol. The van der Waals surface area contributed by atoms with Gasteiger partial charge in [0, 0.05) is 12.7 Å². The van der Waals surface area contributed by atoms with Crippen LogP contribution in [0.2, 0.25) is 0 Å². The van der Waals surface area contributed by atoms with E-state index in [-0.39, 0.29) is 12.6 Å². The molecule has 0 spiro atoms. The van der Waals surface area contributed by atoms with Crippen molar-refractivity contribution in [3.05, 3.63) is 28.3 Å². The summed E-state index contributed by atoms with van der Waals surface area (Å²) in [7, 11) is 2.93. The Kier molecular flexibility index (Phi) is 4.05. The van der Waals surface area contributed by atoms with E-state index in [0.29, 0.717) is 0 Å². The Hall–Kier alpha value is -2.04. The number of anilines is 1. The molecule has 2 aliphatic carbocycles. The van der Waals surface area contributed by atoms with Crippen molar-refractivity contribution in [1.82, 2.24) is 4.90 Å². The zero-order valence-electron chi connectivity index (χ0n) is 13.2. The number of hydrogen-bond donors (Lipinski definition) is 1. The molecule has 0 radical (unpaired) electrons. The van der Waals surface area contributed by atoms with Crippen LogP contribution in [-0.2, 0) is 35.2 Å². The molecule has 2 amide bonds. The summed E-state index contributed by atoms with van der Waals surface area (Å²) in [6.07, 6.45) is 6.56. The Balaban J connectivity index is 1.83. The number of likely N-dealkylation sites (N-methyl/N-ethyl adjacent to an activating group) is 1. The van der Waals surface area contributed by atoms with Crippen LogP contribution in [-0.4, -0.2) is 37.6 Å². The molecule has 5 heteroatoms. The number of esters is 1. The number of ether oxygens (including phenoxy) is 1. The minimum atomic E-state index is -0.416. The van der Waals surface area contributed by atoms with Crippen molar-refractivity contribution in [1.29, 1.82) is 0 Å². The lowest BCUT2D eigenvalue weighted by Gasteiger charge is -2.20. The summed E-state index contributed by atoms with van der Waals surface area (Å²) in [5, 5.41) is 3.05. The maximum absolute atomic E-state index is 12.4. The third kappa shape index (κ3) is 2.67. The monoisotopic (exact) mass is 302 g/mol. The first-order valence-electron chi connectivity index (χ1n) is 7.85. The van der Waals surface area contributed by atoms with E-state index in [1.54, 1.807) is 7.05 Å². The van der Waals surface area contributed by atoms with E-state index >= 15 is 0 Å². The van der Waals surface area contributed by atoms with Crippen LogP contribution >= 0.6 is 0 Å². The number of nitrogens with one attached hydrogen (secondary N) is 1. The minimum Gasteiger partial charge on any atom is -0.468 e. The van der Waals surface area contributed by atoms with Gasteiger partial charge in [-0.1, -0.05) is 6.07 Å². The van der Waals surface area contributed by atoms with Gasteiger partial charge in [-0.2, -0.15) is 0 Å². The molecule has 0 aliphatic heterocycles. The van der Waals surface area contributed by atoms with Crippen LogP contribution in [0.4, 0.5) is 10.5 Å². The van der Waals surface area contributed by atoms with Crippen molar-refractivity contribution < 1.29 is 14.3 Å². The van der Waals surface area contributed by atoms with Crippen molar-refractivity contribution in [2.45, 2.75) is 38.5 Å². The van der Waals surface area contributed by atoms with Crippen molar-refractivity contribution in [3.63, 3.8) is 0 Å². The van der Waals surface area contributed by atoms with E-state index < -0.39 is 5.97 Å². The van der Waals surface area contributed by atoms with E-state index in [1.807, 2.05) is 0 Å². The Morgan fingerprint density at radius 2 is 1.73 bits per heavy atom.